The highest BCUT2D eigenvalue weighted by molar-refractivity contribution is 5.71. The van der Waals surface area contributed by atoms with Crippen molar-refractivity contribution in [3.8, 4) is 0 Å². The number of ether oxygens (including phenoxy) is 3. The first-order chi connectivity index (χ1) is 35.0. The number of carbonyl (C=O) groups excluding carboxylic acids is 3. The molecule has 0 radical (unpaired) electrons. The largest absolute Gasteiger partial charge is 0.462 e. The van der Waals surface area contributed by atoms with Crippen molar-refractivity contribution in [2.45, 2.75) is 322 Å². The molecule has 0 amide bonds. The molecule has 0 rings (SSSR count). The lowest BCUT2D eigenvalue weighted by molar-refractivity contribution is -0.167. The number of carbonyl (C=O) groups is 3. The van der Waals surface area contributed by atoms with Crippen molar-refractivity contribution < 1.29 is 28.6 Å². The van der Waals surface area contributed by atoms with Crippen LogP contribution in [0.25, 0.3) is 0 Å². The molecule has 6 nitrogen and oxygen atoms in total. The molecule has 0 saturated carbocycles. The first-order valence-corrected chi connectivity index (χ1v) is 30.8. The Labute approximate surface area is 440 Å². The first kappa shape index (κ1) is 68.1. The summed E-state index contributed by atoms with van der Waals surface area (Å²) in [5.41, 5.74) is 0. The van der Waals surface area contributed by atoms with Crippen LogP contribution in [0.2, 0.25) is 0 Å². The Balaban J connectivity index is 4.41. The third kappa shape index (κ3) is 57.9. The molecule has 0 aromatic heterocycles. The van der Waals surface area contributed by atoms with Gasteiger partial charge < -0.3 is 14.2 Å². The summed E-state index contributed by atoms with van der Waals surface area (Å²) in [5.74, 6) is -0.900. The molecule has 0 fully saturated rings. The van der Waals surface area contributed by atoms with Crippen molar-refractivity contribution in [2.24, 2.45) is 0 Å². The van der Waals surface area contributed by atoms with Gasteiger partial charge in [0.05, 0.1) is 0 Å². The average molecular weight is 994 g/mol. The van der Waals surface area contributed by atoms with E-state index < -0.39 is 6.10 Å². The zero-order valence-corrected chi connectivity index (χ0v) is 47.2. The second kappa shape index (κ2) is 59.7. The van der Waals surface area contributed by atoms with Crippen LogP contribution in [0.4, 0.5) is 0 Å². The van der Waals surface area contributed by atoms with Crippen LogP contribution >= 0.6 is 0 Å². The van der Waals surface area contributed by atoms with Gasteiger partial charge >= 0.3 is 17.9 Å². The van der Waals surface area contributed by atoms with Crippen molar-refractivity contribution in [3.05, 3.63) is 60.8 Å². The molecule has 0 bridgehead atoms. The monoisotopic (exact) mass is 993 g/mol. The van der Waals surface area contributed by atoms with Crippen molar-refractivity contribution >= 4 is 17.9 Å². The number of allylic oxidation sites excluding steroid dienone is 10. The Bertz CT molecular complexity index is 1280. The summed E-state index contributed by atoms with van der Waals surface area (Å²) >= 11 is 0. The number of hydrogen-bond donors (Lipinski definition) is 0. The highest BCUT2D eigenvalue weighted by Gasteiger charge is 2.19. The summed E-state index contributed by atoms with van der Waals surface area (Å²) in [6.07, 6.45) is 75.0. The van der Waals surface area contributed by atoms with E-state index in [1.165, 1.54) is 193 Å². The first-order valence-electron chi connectivity index (χ1n) is 30.8. The predicted molar refractivity (Wildman–Crippen MR) is 307 cm³/mol. The lowest BCUT2D eigenvalue weighted by Gasteiger charge is -2.18. The van der Waals surface area contributed by atoms with Gasteiger partial charge in [-0.2, -0.15) is 0 Å². The highest BCUT2D eigenvalue weighted by atomic mass is 16.6. The Morgan fingerprint density at radius 2 is 0.507 bits per heavy atom. The minimum atomic E-state index is -0.787. The van der Waals surface area contributed by atoms with Gasteiger partial charge in [-0.3, -0.25) is 14.4 Å². The van der Waals surface area contributed by atoms with Crippen LogP contribution in [0, 0.1) is 0 Å². The van der Waals surface area contributed by atoms with E-state index in [2.05, 4.69) is 81.5 Å². The summed E-state index contributed by atoms with van der Waals surface area (Å²) in [6.45, 7) is 6.62. The maximum absolute atomic E-state index is 12.9. The molecule has 412 valence electrons. The molecular formula is C65H116O6. The van der Waals surface area contributed by atoms with Gasteiger partial charge in [0.2, 0.25) is 0 Å². The number of hydrogen-bond acceptors (Lipinski definition) is 6. The summed E-state index contributed by atoms with van der Waals surface area (Å²) in [5, 5.41) is 0. The minimum absolute atomic E-state index is 0.0822. The van der Waals surface area contributed by atoms with Crippen LogP contribution in [0.5, 0.6) is 0 Å². The van der Waals surface area contributed by atoms with Crippen molar-refractivity contribution in [1.29, 1.82) is 0 Å². The predicted octanol–water partition coefficient (Wildman–Crippen LogP) is 20.8. The van der Waals surface area contributed by atoms with Crippen LogP contribution in [-0.4, -0.2) is 37.2 Å². The summed E-state index contributed by atoms with van der Waals surface area (Å²) in [6, 6.07) is 0. The maximum Gasteiger partial charge on any atom is 0.306 e. The fourth-order valence-electron chi connectivity index (χ4n) is 8.83. The Morgan fingerprint density at radius 3 is 0.845 bits per heavy atom. The molecule has 1 atom stereocenters. The molecule has 0 spiro atoms. The van der Waals surface area contributed by atoms with E-state index in [4.69, 9.17) is 14.2 Å². The third-order valence-electron chi connectivity index (χ3n) is 13.5. The SMILES string of the molecule is CCCCC/C=C\C/C=C\C/C=C\C/C=C\CCCCCC(=O)OC[C@H](COC(=O)CCCCCCCCCCCCCCCCC)OC(=O)CCCCCCCCCCC/C=C\CCCCCCCC. The fraction of sp³-hybridized carbons (Fsp3) is 0.800. The lowest BCUT2D eigenvalue weighted by Crippen LogP contribution is -2.30. The minimum Gasteiger partial charge on any atom is -0.462 e. The van der Waals surface area contributed by atoms with Gasteiger partial charge in [0.15, 0.2) is 6.10 Å². The van der Waals surface area contributed by atoms with Gasteiger partial charge in [0, 0.05) is 19.3 Å². The number of rotatable bonds is 56. The molecule has 0 aliphatic heterocycles. The van der Waals surface area contributed by atoms with Crippen LogP contribution in [0.3, 0.4) is 0 Å². The zero-order chi connectivity index (χ0) is 51.4. The van der Waals surface area contributed by atoms with E-state index in [0.717, 1.165) is 83.5 Å². The maximum atomic E-state index is 12.9. The van der Waals surface area contributed by atoms with Gasteiger partial charge in [-0.15, -0.1) is 0 Å². The molecule has 0 aliphatic carbocycles. The molecular weight excluding hydrogens is 877 g/mol. The van der Waals surface area contributed by atoms with E-state index in [1.54, 1.807) is 0 Å². The van der Waals surface area contributed by atoms with Gasteiger partial charge in [-0.25, -0.2) is 0 Å². The summed E-state index contributed by atoms with van der Waals surface area (Å²) < 4.78 is 16.9. The quantitative estimate of drug-likeness (QED) is 0.0261. The topological polar surface area (TPSA) is 78.9 Å². The fourth-order valence-corrected chi connectivity index (χ4v) is 8.83. The number of unbranched alkanes of at least 4 members (excludes halogenated alkanes) is 35. The van der Waals surface area contributed by atoms with E-state index in [-0.39, 0.29) is 31.1 Å². The van der Waals surface area contributed by atoms with Crippen LogP contribution in [-0.2, 0) is 28.6 Å². The molecule has 0 unspecified atom stereocenters. The third-order valence-corrected chi connectivity index (χ3v) is 13.5. The van der Waals surface area contributed by atoms with Gasteiger partial charge in [0.1, 0.15) is 13.2 Å². The zero-order valence-electron chi connectivity index (χ0n) is 47.2. The summed E-state index contributed by atoms with van der Waals surface area (Å²) in [7, 11) is 0. The summed E-state index contributed by atoms with van der Waals surface area (Å²) in [4.78, 5) is 38.3. The molecule has 71 heavy (non-hydrogen) atoms. The van der Waals surface area contributed by atoms with Crippen molar-refractivity contribution in [1.82, 2.24) is 0 Å². The molecule has 0 heterocycles. The number of esters is 3. The van der Waals surface area contributed by atoms with Gasteiger partial charge in [-0.05, 0) is 89.9 Å². The van der Waals surface area contributed by atoms with Crippen molar-refractivity contribution in [3.63, 3.8) is 0 Å². The molecule has 0 aromatic rings. The second-order valence-corrected chi connectivity index (χ2v) is 20.6. The van der Waals surface area contributed by atoms with E-state index >= 15 is 0 Å². The Hall–Kier alpha value is -2.89. The molecule has 0 aromatic carbocycles. The smallest absolute Gasteiger partial charge is 0.306 e. The lowest BCUT2D eigenvalue weighted by atomic mass is 10.0. The molecule has 0 N–H and O–H groups in total. The van der Waals surface area contributed by atoms with Crippen LogP contribution in [0.1, 0.15) is 316 Å². The van der Waals surface area contributed by atoms with Crippen LogP contribution in [0.15, 0.2) is 60.8 Å². The Morgan fingerprint density at radius 1 is 0.282 bits per heavy atom. The van der Waals surface area contributed by atoms with E-state index in [1.807, 2.05) is 0 Å². The van der Waals surface area contributed by atoms with Gasteiger partial charge in [0.25, 0.3) is 0 Å². The van der Waals surface area contributed by atoms with E-state index in [0.29, 0.717) is 19.3 Å². The molecule has 6 heteroatoms. The van der Waals surface area contributed by atoms with Crippen molar-refractivity contribution in [2.75, 3.05) is 13.2 Å². The second-order valence-electron chi connectivity index (χ2n) is 20.6. The highest BCUT2D eigenvalue weighted by Crippen LogP contribution is 2.16. The normalized spacial score (nSPS) is 12.4. The Kier molecular flexibility index (Phi) is 57.2. The van der Waals surface area contributed by atoms with E-state index in [9.17, 15) is 14.4 Å². The molecule has 0 aliphatic rings. The molecule has 0 saturated heterocycles. The standard InChI is InChI=1S/C65H116O6/c1-4-7-10-13-16-19-22-25-28-30-32-34-37-40-43-46-49-52-55-58-64(67)70-61-62(60-69-63(66)57-54-51-48-45-42-39-36-27-24-21-18-15-12-9-6-3)71-65(68)59-56-53-50-47-44-41-38-35-33-31-29-26-23-20-17-14-11-8-5-2/h16,19,25-26,28-29,32,34,40,43,62H,4-15,17-18,20-24,27,30-31,33,35-39,41-42,44-61H2,1-3H3/b19-16-,28-25-,29-26-,34-32-,43-40-/t62-/m0/s1. The average Bonchev–Trinajstić information content (AvgIpc) is 3.37. The van der Waals surface area contributed by atoms with Crippen LogP contribution < -0.4 is 0 Å². The van der Waals surface area contributed by atoms with Gasteiger partial charge in [-0.1, -0.05) is 268 Å².